The first kappa shape index (κ1) is 29.3. The molecule has 0 atom stereocenters. The van der Waals surface area contributed by atoms with E-state index in [2.05, 4.69) is 9.68 Å². The van der Waals surface area contributed by atoms with Crippen LogP contribution in [0.1, 0.15) is 5.56 Å². The molecule has 14 heteroatoms. The lowest BCUT2D eigenvalue weighted by atomic mass is 10.0. The third kappa shape index (κ3) is 7.27. The highest BCUT2D eigenvalue weighted by molar-refractivity contribution is 5.78. The highest BCUT2D eigenvalue weighted by Crippen LogP contribution is 2.42. The highest BCUT2D eigenvalue weighted by Gasteiger charge is 2.34. The molecule has 0 unspecified atom stereocenters. The van der Waals surface area contributed by atoms with Crippen LogP contribution in [0.4, 0.5) is 39.6 Å². The molecule has 3 aromatic rings. The Morgan fingerprint density at radius 2 is 1.16 bits per heavy atom. The van der Waals surface area contributed by atoms with Crippen molar-refractivity contribution in [2.75, 3.05) is 21.3 Å². The van der Waals surface area contributed by atoms with Crippen molar-refractivity contribution in [1.82, 2.24) is 0 Å². The fourth-order valence-electron chi connectivity index (χ4n) is 2.96. The first-order valence-corrected chi connectivity index (χ1v) is 9.76. The Morgan fingerprint density at radius 1 is 0.676 bits per heavy atom. The molecular formula is C23H17F9O5. The molecule has 0 bridgehead atoms. The summed E-state index contributed by atoms with van der Waals surface area (Å²) in [5, 5.41) is 0. The third-order valence-electron chi connectivity index (χ3n) is 4.56. The van der Waals surface area contributed by atoms with Gasteiger partial charge in [-0.25, -0.2) is 22.0 Å². The molecular weight excluding hydrogens is 527 g/mol. The molecule has 0 aliphatic rings. The lowest BCUT2D eigenvalue weighted by Crippen LogP contribution is -2.18. The molecule has 0 radical (unpaired) electrons. The van der Waals surface area contributed by atoms with Crippen molar-refractivity contribution in [3.05, 3.63) is 65.2 Å². The molecule has 0 saturated carbocycles. The van der Waals surface area contributed by atoms with E-state index in [9.17, 15) is 39.6 Å². The minimum Gasteiger partial charge on any atom is -0.496 e. The second kappa shape index (κ2) is 12.3. The van der Waals surface area contributed by atoms with Crippen LogP contribution < -0.4 is 23.9 Å². The molecule has 0 spiro atoms. The van der Waals surface area contributed by atoms with Gasteiger partial charge in [-0.05, 0) is 17.7 Å². The van der Waals surface area contributed by atoms with Crippen LogP contribution >= 0.6 is 0 Å². The zero-order chi connectivity index (χ0) is 27.9. The molecule has 0 aliphatic heterocycles. The quantitative estimate of drug-likeness (QED) is 0.293. The molecule has 5 nitrogen and oxygen atoms in total. The standard InChI is InChI=1S/C16H15F3O3.C7H2F6O2/c1-20-10-6-14(21-2)16(15(7-10)22-3)9-4-12(18)11(8-17)13(19)5-9;8-4-1-3(15-13)2-5(9)6(4)14-7(10,11)12/h4-7H,8H2,1-3H3;1-2H. The van der Waals surface area contributed by atoms with Crippen LogP contribution in [-0.4, -0.2) is 27.7 Å². The van der Waals surface area contributed by atoms with Gasteiger partial charge in [-0.1, -0.05) is 0 Å². The summed E-state index contributed by atoms with van der Waals surface area (Å²) in [6, 6.07) is 5.65. The smallest absolute Gasteiger partial charge is 0.496 e. The Kier molecular flexibility index (Phi) is 9.74. The number of rotatable bonds is 7. The maximum absolute atomic E-state index is 13.8. The summed E-state index contributed by atoms with van der Waals surface area (Å²) in [6.45, 7) is -1.21. The molecule has 0 aromatic heterocycles. The summed E-state index contributed by atoms with van der Waals surface area (Å²) < 4.78 is 131. The monoisotopic (exact) mass is 544 g/mol. The van der Waals surface area contributed by atoms with E-state index < -0.39 is 53.4 Å². The number of halogens is 9. The molecule has 0 saturated heterocycles. The molecule has 0 fully saturated rings. The first-order valence-electron chi connectivity index (χ1n) is 9.76. The molecule has 0 N–H and O–H groups in total. The maximum Gasteiger partial charge on any atom is 0.573 e. The van der Waals surface area contributed by atoms with Crippen molar-refractivity contribution in [2.24, 2.45) is 0 Å². The lowest BCUT2D eigenvalue weighted by molar-refractivity contribution is -0.276. The minimum absolute atomic E-state index is 0.184. The van der Waals surface area contributed by atoms with Gasteiger partial charge in [0.15, 0.2) is 17.4 Å². The molecule has 0 amide bonds. The summed E-state index contributed by atoms with van der Waals surface area (Å²) in [6.07, 6.45) is -5.24. The predicted octanol–water partition coefficient (Wildman–Crippen LogP) is 7.25. The molecule has 202 valence electrons. The summed E-state index contributed by atoms with van der Waals surface area (Å²) in [4.78, 5) is 2.94. The van der Waals surface area contributed by atoms with Crippen molar-refractivity contribution in [2.45, 2.75) is 13.0 Å². The van der Waals surface area contributed by atoms with Gasteiger partial charge in [0.25, 0.3) is 0 Å². The van der Waals surface area contributed by atoms with Gasteiger partial charge in [0.2, 0.25) is 5.75 Å². The van der Waals surface area contributed by atoms with Crippen molar-refractivity contribution in [3.8, 4) is 39.9 Å². The van der Waals surface area contributed by atoms with E-state index in [1.165, 1.54) is 21.3 Å². The highest BCUT2D eigenvalue weighted by atomic mass is 19.4. The van der Waals surface area contributed by atoms with Crippen LogP contribution in [0.25, 0.3) is 11.1 Å². The van der Waals surface area contributed by atoms with E-state index in [1.54, 1.807) is 12.1 Å². The van der Waals surface area contributed by atoms with Gasteiger partial charge in [-0.15, -0.1) is 13.2 Å². The van der Waals surface area contributed by atoms with Crippen molar-refractivity contribution in [1.29, 1.82) is 0 Å². The van der Waals surface area contributed by atoms with Crippen LogP contribution in [0, 0.1) is 23.3 Å². The zero-order valence-electron chi connectivity index (χ0n) is 19.1. The van der Waals surface area contributed by atoms with Gasteiger partial charge in [0.1, 0.15) is 35.6 Å². The fraction of sp³-hybridized carbons (Fsp3) is 0.217. The van der Waals surface area contributed by atoms with Crippen molar-refractivity contribution >= 4 is 0 Å². The average molecular weight is 544 g/mol. The molecule has 3 rings (SSSR count). The number of methoxy groups -OCH3 is 3. The normalized spacial score (nSPS) is 10.8. The van der Waals surface area contributed by atoms with Crippen LogP contribution in [-0.2, 0) is 6.67 Å². The van der Waals surface area contributed by atoms with Gasteiger partial charge < -0.3 is 18.9 Å². The number of benzene rings is 3. The van der Waals surface area contributed by atoms with E-state index in [4.69, 9.17) is 14.2 Å². The Labute approximate surface area is 203 Å². The summed E-state index contributed by atoms with van der Waals surface area (Å²) in [5.74, 6) is -6.82. The van der Waals surface area contributed by atoms with E-state index in [1.807, 2.05) is 0 Å². The van der Waals surface area contributed by atoms with E-state index >= 15 is 0 Å². The number of hydrogen-bond donors (Lipinski definition) is 0. The molecule has 3 aromatic carbocycles. The second-order valence-corrected chi connectivity index (χ2v) is 6.80. The Bertz CT molecular complexity index is 1160. The molecule has 0 aliphatic carbocycles. The van der Waals surface area contributed by atoms with E-state index in [0.717, 1.165) is 12.1 Å². The van der Waals surface area contributed by atoms with E-state index in [-0.39, 0.29) is 17.7 Å². The van der Waals surface area contributed by atoms with Crippen LogP contribution in [0.15, 0.2) is 36.4 Å². The van der Waals surface area contributed by atoms with E-state index in [0.29, 0.717) is 22.8 Å². The SMILES string of the molecule is COc1cc(OC)c(-c2cc(F)c(CF)c(F)c2)c(OC)c1.FOc1cc(F)c(OC(F)(F)F)c(F)c1. The van der Waals surface area contributed by atoms with Gasteiger partial charge in [0, 0.05) is 28.8 Å². The van der Waals surface area contributed by atoms with Gasteiger partial charge in [0.05, 0.1) is 32.5 Å². The summed E-state index contributed by atoms with van der Waals surface area (Å²) >= 11 is 0. The third-order valence-corrected chi connectivity index (χ3v) is 4.56. The zero-order valence-corrected chi connectivity index (χ0v) is 19.1. The average Bonchev–Trinajstić information content (AvgIpc) is 2.84. The van der Waals surface area contributed by atoms with Gasteiger partial charge in [-0.3, -0.25) is 4.94 Å². The number of hydrogen-bond acceptors (Lipinski definition) is 5. The summed E-state index contributed by atoms with van der Waals surface area (Å²) in [7, 11) is 4.31. The van der Waals surface area contributed by atoms with Gasteiger partial charge in [-0.2, -0.15) is 0 Å². The molecule has 37 heavy (non-hydrogen) atoms. The number of ether oxygens (including phenoxy) is 4. The first-order chi connectivity index (χ1) is 17.4. The maximum atomic E-state index is 13.8. The lowest BCUT2D eigenvalue weighted by Gasteiger charge is -2.16. The van der Waals surface area contributed by atoms with Crippen LogP contribution in [0.2, 0.25) is 0 Å². The Hall–Kier alpha value is -3.97. The van der Waals surface area contributed by atoms with Crippen molar-refractivity contribution in [3.63, 3.8) is 0 Å². The van der Waals surface area contributed by atoms with Gasteiger partial charge >= 0.3 is 6.36 Å². The largest absolute Gasteiger partial charge is 0.573 e. The number of alkyl halides is 4. The minimum atomic E-state index is -5.24. The van der Waals surface area contributed by atoms with Crippen molar-refractivity contribution < 1.29 is 63.5 Å². The Morgan fingerprint density at radius 3 is 1.51 bits per heavy atom. The summed E-state index contributed by atoms with van der Waals surface area (Å²) in [5.41, 5.74) is -0.0623. The second-order valence-electron chi connectivity index (χ2n) is 6.80. The fourth-order valence-corrected chi connectivity index (χ4v) is 2.96. The predicted molar refractivity (Wildman–Crippen MR) is 111 cm³/mol. The molecule has 0 heterocycles. The topological polar surface area (TPSA) is 46.2 Å². The Balaban J connectivity index is 0.000000281. The van der Waals surface area contributed by atoms with Crippen LogP contribution in [0.5, 0.6) is 28.7 Å². The van der Waals surface area contributed by atoms with Crippen LogP contribution in [0.3, 0.4) is 0 Å².